The average Bonchev–Trinajstić information content (AvgIpc) is 2.94. The van der Waals surface area contributed by atoms with E-state index in [0.717, 1.165) is 70.3 Å². The molecule has 1 amide bonds. The Hall–Kier alpha value is -3.04. The molecule has 0 atom stereocenters. The molecule has 1 aromatic heterocycles. The van der Waals surface area contributed by atoms with E-state index in [1.165, 1.54) is 6.07 Å². The zero-order chi connectivity index (χ0) is 26.5. The summed E-state index contributed by atoms with van der Waals surface area (Å²) in [6.07, 6.45) is 4.42. The summed E-state index contributed by atoms with van der Waals surface area (Å²) in [7, 11) is 0. The third-order valence-corrected chi connectivity index (χ3v) is 8.39. The van der Waals surface area contributed by atoms with Crippen LogP contribution in [0.3, 0.4) is 0 Å². The number of amides is 1. The maximum atomic E-state index is 14.0. The second kappa shape index (κ2) is 12.2. The smallest absolute Gasteiger partial charge is 0.262 e. The number of aromatic nitrogens is 2. The van der Waals surface area contributed by atoms with E-state index in [1.807, 2.05) is 36.4 Å². The zero-order valence-corrected chi connectivity index (χ0v) is 22.5. The molecule has 5 rings (SSSR count). The van der Waals surface area contributed by atoms with Crippen molar-refractivity contribution in [2.75, 3.05) is 44.2 Å². The lowest BCUT2D eigenvalue weighted by Gasteiger charge is -2.36. The number of nitrogens with one attached hydrogen (secondary N) is 2. The van der Waals surface area contributed by atoms with Crippen LogP contribution in [0, 0.1) is 22.4 Å². The van der Waals surface area contributed by atoms with Gasteiger partial charge in [-0.25, -0.2) is 4.39 Å². The van der Waals surface area contributed by atoms with Gasteiger partial charge in [-0.1, -0.05) is 24.3 Å². The lowest BCUT2D eigenvalue weighted by atomic mass is 9.81. The molecule has 38 heavy (non-hydrogen) atoms. The predicted molar refractivity (Wildman–Crippen MR) is 152 cm³/mol. The van der Waals surface area contributed by atoms with Gasteiger partial charge in [-0.15, -0.1) is 0 Å². The second-order valence-corrected chi connectivity index (χ2v) is 10.9. The quantitative estimate of drug-likeness (QED) is 0.331. The third kappa shape index (κ3) is 6.15. The molecule has 0 unspecified atom stereocenters. The van der Waals surface area contributed by atoms with Gasteiger partial charge >= 0.3 is 0 Å². The van der Waals surface area contributed by atoms with Gasteiger partial charge in [0.15, 0.2) is 4.77 Å². The van der Waals surface area contributed by atoms with Crippen LogP contribution >= 0.6 is 12.2 Å². The van der Waals surface area contributed by atoms with Crippen LogP contribution in [0.15, 0.2) is 53.3 Å². The van der Waals surface area contributed by atoms with Crippen LogP contribution in [0.4, 0.5) is 10.1 Å². The van der Waals surface area contributed by atoms with Crippen LogP contribution in [0.2, 0.25) is 0 Å². The highest BCUT2D eigenvalue weighted by atomic mass is 32.1. The molecular weight excluding hydrogens is 501 g/mol. The Morgan fingerprint density at radius 1 is 1.00 bits per heavy atom. The zero-order valence-electron chi connectivity index (χ0n) is 21.7. The Morgan fingerprint density at radius 2 is 1.71 bits per heavy atom. The van der Waals surface area contributed by atoms with Gasteiger partial charge in [0.05, 0.1) is 16.6 Å². The van der Waals surface area contributed by atoms with Crippen molar-refractivity contribution in [2.24, 2.45) is 11.8 Å². The molecule has 1 saturated carbocycles. The number of piperazine rings is 1. The number of benzene rings is 2. The summed E-state index contributed by atoms with van der Waals surface area (Å²) in [4.78, 5) is 33.4. The number of carbonyl (C=O) groups excluding carboxylic acids is 1. The van der Waals surface area contributed by atoms with Gasteiger partial charge in [-0.2, -0.15) is 0 Å². The highest BCUT2D eigenvalue weighted by molar-refractivity contribution is 7.71. The van der Waals surface area contributed by atoms with E-state index >= 15 is 0 Å². The first-order chi connectivity index (χ1) is 18.5. The number of fused-ring (bicyclic) bond motifs is 1. The highest BCUT2D eigenvalue weighted by Gasteiger charge is 2.27. The van der Waals surface area contributed by atoms with Crippen LogP contribution in [0.5, 0.6) is 0 Å². The van der Waals surface area contributed by atoms with Crippen molar-refractivity contribution in [1.29, 1.82) is 0 Å². The van der Waals surface area contributed by atoms with Gasteiger partial charge in [0.1, 0.15) is 5.82 Å². The Balaban J connectivity index is 1.01. The third-order valence-electron chi connectivity index (χ3n) is 8.06. The maximum Gasteiger partial charge on any atom is 0.262 e. The first-order valence-corrected chi connectivity index (χ1v) is 14.1. The van der Waals surface area contributed by atoms with Crippen molar-refractivity contribution in [3.63, 3.8) is 0 Å². The molecule has 7 nitrogen and oxygen atoms in total. The predicted octanol–water partition coefficient (Wildman–Crippen LogP) is 4.33. The van der Waals surface area contributed by atoms with E-state index in [9.17, 15) is 14.0 Å². The topological polar surface area (TPSA) is 73.4 Å². The molecule has 9 heteroatoms. The summed E-state index contributed by atoms with van der Waals surface area (Å²) in [5.41, 5.74) is 1.41. The van der Waals surface area contributed by atoms with Crippen molar-refractivity contribution >= 4 is 34.7 Å². The fraction of sp³-hybridized carbons (Fsp3) is 0.483. The molecule has 3 aromatic rings. The minimum absolute atomic E-state index is 0.0402. The molecule has 202 valence electrons. The number of carbonyl (C=O) groups is 1. The lowest BCUT2D eigenvalue weighted by molar-refractivity contribution is -0.126. The first kappa shape index (κ1) is 26.6. The van der Waals surface area contributed by atoms with Crippen molar-refractivity contribution in [1.82, 2.24) is 19.8 Å². The number of aromatic amines is 1. The Morgan fingerprint density at radius 3 is 2.47 bits per heavy atom. The van der Waals surface area contributed by atoms with Crippen molar-refractivity contribution in [2.45, 2.75) is 38.6 Å². The fourth-order valence-electron chi connectivity index (χ4n) is 5.81. The standard InChI is InChI=1S/C29H36FN5O2S/c30-24-7-2-4-9-26(24)34-18-16-33(17-19-34)15-5-14-31-27(36)22-12-10-21(11-13-22)20-35-28(37)23-6-1-3-8-25(23)32-29(35)38/h1-4,6-9,21-22H,5,10-20H2,(H,31,36)(H,32,38). The lowest BCUT2D eigenvalue weighted by Crippen LogP contribution is -2.47. The van der Waals surface area contributed by atoms with E-state index in [1.54, 1.807) is 10.6 Å². The van der Waals surface area contributed by atoms with Gasteiger partial charge in [0.25, 0.3) is 5.56 Å². The Kier molecular flexibility index (Phi) is 8.54. The molecular formula is C29H36FN5O2S. The molecule has 1 aliphatic heterocycles. The number of hydrogen-bond donors (Lipinski definition) is 2. The minimum Gasteiger partial charge on any atom is -0.367 e. The van der Waals surface area contributed by atoms with E-state index < -0.39 is 0 Å². The summed E-state index contributed by atoms with van der Waals surface area (Å²) < 4.78 is 16.2. The molecule has 2 aliphatic rings. The monoisotopic (exact) mass is 537 g/mol. The number of rotatable bonds is 8. The van der Waals surface area contributed by atoms with E-state index in [2.05, 4.69) is 20.1 Å². The summed E-state index contributed by atoms with van der Waals surface area (Å²) >= 11 is 5.46. The van der Waals surface area contributed by atoms with Crippen LogP contribution in [-0.2, 0) is 11.3 Å². The number of para-hydroxylation sites is 2. The summed E-state index contributed by atoms with van der Waals surface area (Å²) in [5.74, 6) is 0.367. The summed E-state index contributed by atoms with van der Waals surface area (Å²) in [6, 6.07) is 14.4. The SMILES string of the molecule is O=C(NCCCN1CCN(c2ccccc2F)CC1)C1CCC(Cn2c(=S)[nH]c3ccccc3c2=O)CC1. The summed E-state index contributed by atoms with van der Waals surface area (Å²) in [5, 5.41) is 3.79. The van der Waals surface area contributed by atoms with Gasteiger partial charge in [-0.3, -0.25) is 19.1 Å². The molecule has 0 spiro atoms. The molecule has 1 aliphatic carbocycles. The van der Waals surface area contributed by atoms with Crippen LogP contribution < -0.4 is 15.8 Å². The summed E-state index contributed by atoms with van der Waals surface area (Å²) in [6.45, 7) is 5.62. The molecule has 2 fully saturated rings. The normalized spacial score (nSPS) is 20.5. The minimum atomic E-state index is -0.163. The fourth-order valence-corrected chi connectivity index (χ4v) is 6.08. The molecule has 2 N–H and O–H groups in total. The van der Waals surface area contributed by atoms with Gasteiger partial charge in [0, 0.05) is 45.2 Å². The Labute approximate surface area is 227 Å². The van der Waals surface area contributed by atoms with E-state index in [4.69, 9.17) is 12.2 Å². The molecule has 2 aromatic carbocycles. The van der Waals surface area contributed by atoms with Crippen molar-refractivity contribution in [3.8, 4) is 0 Å². The second-order valence-electron chi connectivity index (χ2n) is 10.5. The number of halogens is 1. The first-order valence-electron chi connectivity index (χ1n) is 13.7. The maximum absolute atomic E-state index is 14.0. The number of hydrogen-bond acceptors (Lipinski definition) is 5. The van der Waals surface area contributed by atoms with Crippen LogP contribution in [-0.4, -0.2) is 59.6 Å². The molecule has 2 heterocycles. The largest absolute Gasteiger partial charge is 0.367 e. The van der Waals surface area contributed by atoms with Crippen LogP contribution in [0.1, 0.15) is 32.1 Å². The van der Waals surface area contributed by atoms with Gasteiger partial charge in [0.2, 0.25) is 5.91 Å². The Bertz CT molecular complexity index is 1370. The van der Waals surface area contributed by atoms with Crippen LogP contribution in [0.25, 0.3) is 10.9 Å². The molecule has 0 radical (unpaired) electrons. The van der Waals surface area contributed by atoms with Gasteiger partial charge in [-0.05, 0) is 81.1 Å². The van der Waals surface area contributed by atoms with E-state index in [0.29, 0.717) is 34.9 Å². The number of anilines is 1. The van der Waals surface area contributed by atoms with Gasteiger partial charge < -0.3 is 15.2 Å². The molecule has 1 saturated heterocycles. The highest BCUT2D eigenvalue weighted by Crippen LogP contribution is 2.30. The number of H-pyrrole nitrogens is 1. The van der Waals surface area contributed by atoms with Crippen molar-refractivity contribution in [3.05, 3.63) is 69.5 Å². The van der Waals surface area contributed by atoms with Crippen molar-refractivity contribution < 1.29 is 9.18 Å². The number of nitrogens with zero attached hydrogens (tertiary/aromatic N) is 3. The van der Waals surface area contributed by atoms with E-state index in [-0.39, 0.29) is 23.2 Å². The molecule has 0 bridgehead atoms. The average molecular weight is 538 g/mol.